The molecule has 0 saturated carbocycles. The number of amides is 4. The van der Waals surface area contributed by atoms with Crippen LogP contribution in [0.25, 0.3) is 6.08 Å². The first-order valence-corrected chi connectivity index (χ1v) is 12.1. The summed E-state index contributed by atoms with van der Waals surface area (Å²) in [6.07, 6.45) is 3.61. The Morgan fingerprint density at radius 3 is 2.51 bits per heavy atom. The molecular weight excluding hydrogens is 534 g/mol. The van der Waals surface area contributed by atoms with E-state index in [4.69, 9.17) is 4.74 Å². The zero-order chi connectivity index (χ0) is 26.5. The summed E-state index contributed by atoms with van der Waals surface area (Å²) in [6.45, 7) is 5.88. The summed E-state index contributed by atoms with van der Waals surface area (Å²) < 4.78 is 6.67. The first kappa shape index (κ1) is 25.6. The van der Waals surface area contributed by atoms with Gasteiger partial charge in [0, 0.05) is 5.56 Å². The minimum atomic E-state index is -0.800. The van der Waals surface area contributed by atoms with Gasteiger partial charge in [-0.15, -0.1) is 6.58 Å². The van der Waals surface area contributed by atoms with Gasteiger partial charge in [-0.25, -0.2) is 9.69 Å². The summed E-state index contributed by atoms with van der Waals surface area (Å²) in [5, 5.41) is 11.6. The molecule has 0 aromatic heterocycles. The van der Waals surface area contributed by atoms with Gasteiger partial charge in [0.1, 0.15) is 17.9 Å². The summed E-state index contributed by atoms with van der Waals surface area (Å²) in [5.74, 6) is -0.925. The molecule has 0 aliphatic carbocycles. The fourth-order valence-electron chi connectivity index (χ4n) is 3.88. The minimum Gasteiger partial charge on any atom is -0.487 e. The Bertz CT molecular complexity index is 1490. The van der Waals surface area contributed by atoms with E-state index >= 15 is 0 Å². The molecule has 1 aliphatic rings. The third-order valence-electron chi connectivity index (χ3n) is 5.72. The van der Waals surface area contributed by atoms with Crippen LogP contribution in [0.1, 0.15) is 27.8 Å². The number of carbonyl (C=O) groups excluding carboxylic acids is 3. The molecule has 4 amide bonds. The number of benzene rings is 3. The average molecular weight is 556 g/mol. The lowest BCUT2D eigenvalue weighted by molar-refractivity contribution is -0.122. The van der Waals surface area contributed by atoms with Crippen LogP contribution in [0.15, 0.2) is 83.4 Å². The van der Waals surface area contributed by atoms with Crippen molar-refractivity contribution in [3.05, 3.63) is 111 Å². The molecule has 4 rings (SSSR count). The summed E-state index contributed by atoms with van der Waals surface area (Å²) in [6, 6.07) is 18.9. The highest BCUT2D eigenvalue weighted by molar-refractivity contribution is 9.10. The van der Waals surface area contributed by atoms with Crippen molar-refractivity contribution in [2.24, 2.45) is 0 Å². The van der Waals surface area contributed by atoms with Crippen LogP contribution in [0.3, 0.4) is 0 Å². The van der Waals surface area contributed by atoms with Crippen LogP contribution >= 0.6 is 15.9 Å². The fourth-order valence-corrected chi connectivity index (χ4v) is 4.52. The molecule has 184 valence electrons. The van der Waals surface area contributed by atoms with Gasteiger partial charge in [-0.1, -0.05) is 42.0 Å². The molecule has 0 bridgehead atoms. The normalized spacial score (nSPS) is 14.4. The van der Waals surface area contributed by atoms with E-state index in [1.807, 2.05) is 19.1 Å². The third-order valence-corrected chi connectivity index (χ3v) is 6.31. The number of allylic oxidation sites excluding steroid dienone is 1. The second kappa shape index (κ2) is 11.1. The van der Waals surface area contributed by atoms with Crippen LogP contribution in [0.5, 0.6) is 5.75 Å². The molecule has 0 atom stereocenters. The highest BCUT2D eigenvalue weighted by atomic mass is 79.9. The number of imide groups is 2. The van der Waals surface area contributed by atoms with Crippen molar-refractivity contribution in [3.63, 3.8) is 0 Å². The number of rotatable bonds is 7. The largest absolute Gasteiger partial charge is 0.487 e. The molecule has 8 heteroatoms. The van der Waals surface area contributed by atoms with Crippen molar-refractivity contribution >= 4 is 45.5 Å². The van der Waals surface area contributed by atoms with Crippen LogP contribution in [-0.2, 0) is 22.6 Å². The van der Waals surface area contributed by atoms with Crippen LogP contribution in [-0.4, -0.2) is 17.8 Å². The summed E-state index contributed by atoms with van der Waals surface area (Å²) in [5.41, 5.74) is 3.76. The van der Waals surface area contributed by atoms with E-state index in [0.29, 0.717) is 33.5 Å². The number of barbiturate groups is 1. The molecule has 1 aliphatic heterocycles. The molecular formula is C29H22BrN3O4. The summed E-state index contributed by atoms with van der Waals surface area (Å²) >= 11 is 3.53. The van der Waals surface area contributed by atoms with Crippen LogP contribution in [0.2, 0.25) is 0 Å². The number of anilines is 1. The van der Waals surface area contributed by atoms with Gasteiger partial charge in [-0.2, -0.15) is 5.26 Å². The number of hydrogen-bond donors (Lipinski definition) is 1. The van der Waals surface area contributed by atoms with E-state index < -0.39 is 17.8 Å². The van der Waals surface area contributed by atoms with E-state index in [-0.39, 0.29) is 12.2 Å². The van der Waals surface area contributed by atoms with Crippen molar-refractivity contribution in [3.8, 4) is 11.8 Å². The van der Waals surface area contributed by atoms with E-state index in [1.54, 1.807) is 54.6 Å². The zero-order valence-electron chi connectivity index (χ0n) is 20.0. The molecule has 1 saturated heterocycles. The second-order valence-electron chi connectivity index (χ2n) is 8.33. The van der Waals surface area contributed by atoms with Gasteiger partial charge < -0.3 is 4.74 Å². The highest BCUT2D eigenvalue weighted by Crippen LogP contribution is 2.34. The molecule has 7 nitrogen and oxygen atoms in total. The lowest BCUT2D eigenvalue weighted by Gasteiger charge is -2.26. The number of carbonyl (C=O) groups is 3. The lowest BCUT2D eigenvalue weighted by Crippen LogP contribution is -2.54. The number of urea groups is 1. The van der Waals surface area contributed by atoms with Crippen molar-refractivity contribution in [1.82, 2.24) is 5.32 Å². The number of nitrogens with zero attached hydrogens (tertiary/aromatic N) is 2. The van der Waals surface area contributed by atoms with E-state index in [0.717, 1.165) is 21.6 Å². The molecule has 37 heavy (non-hydrogen) atoms. The quantitative estimate of drug-likeness (QED) is 0.232. The third kappa shape index (κ3) is 5.52. The van der Waals surface area contributed by atoms with Gasteiger partial charge in [0.25, 0.3) is 11.8 Å². The van der Waals surface area contributed by atoms with Crippen LogP contribution < -0.4 is 15.0 Å². The summed E-state index contributed by atoms with van der Waals surface area (Å²) in [7, 11) is 0. The van der Waals surface area contributed by atoms with E-state index in [1.165, 1.54) is 6.08 Å². The Balaban J connectivity index is 1.67. The Kier molecular flexibility index (Phi) is 7.66. The number of hydrogen-bond acceptors (Lipinski definition) is 5. The Labute approximate surface area is 222 Å². The SMILES string of the molecule is C=CCc1cc(/C=C2\C(=O)NC(=O)N(c3ccc(C)cc3)C2=O)cc(Br)c1OCc1ccccc1C#N. The molecule has 0 unspecified atom stereocenters. The highest BCUT2D eigenvalue weighted by Gasteiger charge is 2.36. The first-order chi connectivity index (χ1) is 17.8. The van der Waals surface area contributed by atoms with Gasteiger partial charge in [0.05, 0.1) is 21.8 Å². The minimum absolute atomic E-state index is 0.173. The maximum absolute atomic E-state index is 13.2. The van der Waals surface area contributed by atoms with Gasteiger partial charge >= 0.3 is 6.03 Å². The molecule has 1 heterocycles. The number of halogens is 1. The van der Waals surface area contributed by atoms with Gasteiger partial charge in [-0.3, -0.25) is 14.9 Å². The predicted molar refractivity (Wildman–Crippen MR) is 144 cm³/mol. The number of nitrogens with one attached hydrogen (secondary N) is 1. The Morgan fingerprint density at radius 2 is 1.81 bits per heavy atom. The standard InChI is InChI=1S/C29H22BrN3O4/c1-3-6-20-13-19(15-25(30)26(20)37-17-22-8-5-4-7-21(22)16-31)14-24-27(34)32-29(36)33(28(24)35)23-11-9-18(2)10-12-23/h3-5,7-15H,1,6,17H2,2H3,(H,32,34,36)/b24-14+. The smallest absolute Gasteiger partial charge is 0.335 e. The van der Waals surface area contributed by atoms with Crippen molar-refractivity contribution in [2.45, 2.75) is 20.0 Å². The van der Waals surface area contributed by atoms with Gasteiger partial charge in [0.15, 0.2) is 0 Å². The lowest BCUT2D eigenvalue weighted by atomic mass is 10.0. The molecule has 1 N–H and O–H groups in total. The molecule has 1 fully saturated rings. The summed E-state index contributed by atoms with van der Waals surface area (Å²) in [4.78, 5) is 39.2. The van der Waals surface area contributed by atoms with Crippen molar-refractivity contribution < 1.29 is 19.1 Å². The Hall–Kier alpha value is -4.48. The first-order valence-electron chi connectivity index (χ1n) is 11.3. The van der Waals surface area contributed by atoms with Crippen LogP contribution in [0, 0.1) is 18.3 Å². The predicted octanol–water partition coefficient (Wildman–Crippen LogP) is 5.60. The van der Waals surface area contributed by atoms with Crippen molar-refractivity contribution in [1.29, 1.82) is 5.26 Å². The average Bonchev–Trinajstić information content (AvgIpc) is 2.87. The van der Waals surface area contributed by atoms with E-state index in [2.05, 4.69) is 33.9 Å². The van der Waals surface area contributed by atoms with Crippen LogP contribution in [0.4, 0.5) is 10.5 Å². The molecule has 0 spiro atoms. The monoisotopic (exact) mass is 555 g/mol. The van der Waals surface area contributed by atoms with E-state index in [9.17, 15) is 19.6 Å². The molecule has 3 aromatic rings. The van der Waals surface area contributed by atoms with Gasteiger partial charge in [0.2, 0.25) is 0 Å². The molecule has 3 aromatic carbocycles. The zero-order valence-corrected chi connectivity index (χ0v) is 21.5. The van der Waals surface area contributed by atoms with Gasteiger partial charge in [-0.05, 0) is 76.8 Å². The molecule has 0 radical (unpaired) electrons. The number of nitriles is 1. The van der Waals surface area contributed by atoms with Crippen molar-refractivity contribution in [2.75, 3.05) is 4.90 Å². The Morgan fingerprint density at radius 1 is 1.08 bits per heavy atom. The number of aryl methyl sites for hydroxylation is 1. The second-order valence-corrected chi connectivity index (χ2v) is 9.19. The topological polar surface area (TPSA) is 99.5 Å². The maximum Gasteiger partial charge on any atom is 0.335 e. The maximum atomic E-state index is 13.2. The number of ether oxygens (including phenoxy) is 1. The fraction of sp³-hybridized carbons (Fsp3) is 0.103.